The highest BCUT2D eigenvalue weighted by Crippen LogP contribution is 2.37. The first-order valence-corrected chi connectivity index (χ1v) is 14.6. The molecule has 2 aromatic carbocycles. The van der Waals surface area contributed by atoms with E-state index in [4.69, 9.17) is 27.9 Å². The molecule has 0 spiro atoms. The number of nitrogens with zero attached hydrogens (tertiary/aromatic N) is 3. The van der Waals surface area contributed by atoms with Crippen molar-refractivity contribution in [3.05, 3.63) is 70.0 Å². The molecule has 0 bridgehead atoms. The molecule has 9 heteroatoms. The van der Waals surface area contributed by atoms with E-state index in [1.54, 1.807) is 0 Å². The van der Waals surface area contributed by atoms with Crippen LogP contribution in [0.15, 0.2) is 48.8 Å². The van der Waals surface area contributed by atoms with Gasteiger partial charge in [0.25, 0.3) is 0 Å². The van der Waals surface area contributed by atoms with Crippen molar-refractivity contribution in [2.45, 2.75) is 71.4 Å². The van der Waals surface area contributed by atoms with Gasteiger partial charge in [-0.2, -0.15) is 0 Å². The topological polar surface area (TPSA) is 79.9 Å². The molecule has 7 nitrogen and oxygen atoms in total. The number of carbonyl (C=O) groups is 1. The van der Waals surface area contributed by atoms with Gasteiger partial charge in [-0.15, -0.1) is 0 Å². The van der Waals surface area contributed by atoms with Crippen LogP contribution in [0.25, 0.3) is 21.8 Å². The number of aliphatic hydroxyl groups excluding tert-OH is 2. The number of piperidine rings is 1. The van der Waals surface area contributed by atoms with Gasteiger partial charge >= 0.3 is 6.09 Å². The number of aryl methyl sites for hydroxylation is 1. The molecule has 1 atom stereocenters. The molecular formula is C31H37Cl2N3O4. The van der Waals surface area contributed by atoms with Crippen molar-refractivity contribution in [2.24, 2.45) is 5.92 Å². The maximum atomic E-state index is 12.7. The second-order valence-corrected chi connectivity index (χ2v) is 12.5. The molecule has 5 rings (SSSR count). The number of fused-ring (bicyclic) bond motifs is 2. The SMILES string of the molecule is CC(C)(C)OC(=O)N1CCC(C(CCn2ccc3cc(CO)c(Cl)cc32)n2ccc3cc(CO)c(Cl)cc32)CC1. The Hall–Kier alpha value is -2.71. The minimum Gasteiger partial charge on any atom is -0.444 e. The summed E-state index contributed by atoms with van der Waals surface area (Å²) in [6.07, 6.45) is 6.53. The Morgan fingerprint density at radius 2 is 1.52 bits per heavy atom. The first-order valence-electron chi connectivity index (χ1n) is 13.8. The lowest BCUT2D eigenvalue weighted by Crippen LogP contribution is -2.43. The van der Waals surface area contributed by atoms with Gasteiger partial charge in [0, 0.05) is 69.9 Å². The Labute approximate surface area is 244 Å². The lowest BCUT2D eigenvalue weighted by molar-refractivity contribution is 0.0160. The van der Waals surface area contributed by atoms with Crippen molar-refractivity contribution in [2.75, 3.05) is 13.1 Å². The highest BCUT2D eigenvalue weighted by molar-refractivity contribution is 6.32. The number of ether oxygens (including phenoxy) is 1. The van der Waals surface area contributed by atoms with Gasteiger partial charge < -0.3 is 29.0 Å². The predicted molar refractivity (Wildman–Crippen MR) is 160 cm³/mol. The number of hydrogen-bond donors (Lipinski definition) is 2. The summed E-state index contributed by atoms with van der Waals surface area (Å²) in [7, 11) is 0. The number of benzene rings is 2. The first kappa shape index (κ1) is 28.8. The fourth-order valence-electron chi connectivity index (χ4n) is 5.88. The van der Waals surface area contributed by atoms with Gasteiger partial charge in [-0.25, -0.2) is 4.79 Å². The average molecular weight is 587 g/mol. The van der Waals surface area contributed by atoms with Gasteiger partial charge in [-0.05, 0) is 93.5 Å². The van der Waals surface area contributed by atoms with E-state index in [1.165, 1.54) is 0 Å². The van der Waals surface area contributed by atoms with Crippen molar-refractivity contribution in [3.8, 4) is 0 Å². The fraction of sp³-hybridized carbons (Fsp3) is 0.452. The Balaban J connectivity index is 1.42. The third kappa shape index (κ3) is 5.98. The maximum Gasteiger partial charge on any atom is 0.410 e. The van der Waals surface area contributed by atoms with E-state index in [-0.39, 0.29) is 25.3 Å². The van der Waals surface area contributed by atoms with Crippen LogP contribution in [0.1, 0.15) is 57.2 Å². The van der Waals surface area contributed by atoms with E-state index in [1.807, 2.05) is 49.9 Å². The molecule has 0 radical (unpaired) electrons. The van der Waals surface area contributed by atoms with Crippen LogP contribution in [0.4, 0.5) is 4.79 Å². The van der Waals surface area contributed by atoms with Crippen LogP contribution in [0, 0.1) is 5.92 Å². The van der Waals surface area contributed by atoms with E-state index in [9.17, 15) is 15.0 Å². The van der Waals surface area contributed by atoms with Crippen LogP contribution in [0.5, 0.6) is 0 Å². The molecule has 1 amide bonds. The monoisotopic (exact) mass is 585 g/mol. The molecule has 0 saturated carbocycles. The molecule has 214 valence electrons. The van der Waals surface area contributed by atoms with Gasteiger partial charge in [-0.3, -0.25) is 0 Å². The molecule has 1 saturated heterocycles. The normalized spacial score (nSPS) is 15.7. The third-order valence-corrected chi connectivity index (χ3v) is 8.63. The molecule has 0 aliphatic carbocycles. The second kappa shape index (κ2) is 11.6. The van der Waals surface area contributed by atoms with Crippen molar-refractivity contribution >= 4 is 51.1 Å². The standard InChI is InChI=1S/C31H37Cl2N3O4/c1-31(2,3)40-30(39)35-10-4-20(5-11-35)27(36-13-7-22-15-24(19-38)26(33)17-29(22)36)8-12-34-9-6-21-14-23(18-37)25(32)16-28(21)34/h6-7,9,13-17,20,27,37-38H,4-5,8,10-12,18-19H2,1-3H3. The van der Waals surface area contributed by atoms with E-state index in [0.717, 1.165) is 53.2 Å². The highest BCUT2D eigenvalue weighted by Gasteiger charge is 2.32. The summed E-state index contributed by atoms with van der Waals surface area (Å²) in [6, 6.07) is 12.1. The Bertz CT molecular complexity index is 1510. The van der Waals surface area contributed by atoms with Crippen molar-refractivity contribution in [1.29, 1.82) is 0 Å². The lowest BCUT2D eigenvalue weighted by atomic mass is 9.87. The summed E-state index contributed by atoms with van der Waals surface area (Å²) in [6.45, 7) is 7.55. The minimum atomic E-state index is -0.520. The van der Waals surface area contributed by atoms with Gasteiger partial charge in [0.15, 0.2) is 0 Å². The molecule has 2 N–H and O–H groups in total. The largest absolute Gasteiger partial charge is 0.444 e. The Morgan fingerprint density at radius 3 is 2.12 bits per heavy atom. The van der Waals surface area contributed by atoms with E-state index >= 15 is 0 Å². The third-order valence-electron chi connectivity index (χ3n) is 7.93. The summed E-state index contributed by atoms with van der Waals surface area (Å²) in [5.41, 5.74) is 2.99. The van der Waals surface area contributed by atoms with Gasteiger partial charge in [0.1, 0.15) is 5.60 Å². The number of hydrogen-bond acceptors (Lipinski definition) is 4. The van der Waals surface area contributed by atoms with E-state index in [2.05, 4.69) is 33.7 Å². The maximum absolute atomic E-state index is 12.7. The molecular weight excluding hydrogens is 549 g/mol. The van der Waals surface area contributed by atoms with Crippen LogP contribution in [-0.4, -0.2) is 49.0 Å². The highest BCUT2D eigenvalue weighted by atomic mass is 35.5. The van der Waals surface area contributed by atoms with Gasteiger partial charge in [0.2, 0.25) is 0 Å². The summed E-state index contributed by atoms with van der Waals surface area (Å²) in [4.78, 5) is 14.5. The summed E-state index contributed by atoms with van der Waals surface area (Å²) < 4.78 is 10.2. The van der Waals surface area contributed by atoms with Gasteiger partial charge in [-0.1, -0.05) is 23.2 Å². The lowest BCUT2D eigenvalue weighted by Gasteiger charge is -2.37. The predicted octanol–water partition coefficient (Wildman–Crippen LogP) is 7.17. The smallest absolute Gasteiger partial charge is 0.410 e. The molecule has 2 aromatic heterocycles. The number of rotatable bonds is 7. The minimum absolute atomic E-state index is 0.0920. The zero-order valence-corrected chi connectivity index (χ0v) is 24.8. The number of likely N-dealkylation sites (tertiary alicyclic amines) is 1. The number of amides is 1. The quantitative estimate of drug-likeness (QED) is 0.241. The Morgan fingerprint density at radius 1 is 0.950 bits per heavy atom. The fourth-order valence-corrected chi connectivity index (χ4v) is 6.31. The summed E-state index contributed by atoms with van der Waals surface area (Å²) in [5.74, 6) is 0.344. The van der Waals surface area contributed by atoms with E-state index < -0.39 is 5.60 Å². The zero-order chi connectivity index (χ0) is 28.6. The number of aromatic nitrogens is 2. The molecule has 40 heavy (non-hydrogen) atoms. The second-order valence-electron chi connectivity index (χ2n) is 11.7. The Kier molecular flexibility index (Phi) is 8.39. The molecule has 1 unspecified atom stereocenters. The number of carbonyl (C=O) groups excluding carboxylic acids is 1. The van der Waals surface area contributed by atoms with Crippen molar-refractivity contribution < 1.29 is 19.7 Å². The molecule has 3 heterocycles. The average Bonchev–Trinajstić information content (AvgIpc) is 3.50. The van der Waals surface area contributed by atoms with Crippen LogP contribution in [0.3, 0.4) is 0 Å². The molecule has 1 fully saturated rings. The first-order chi connectivity index (χ1) is 19.1. The molecule has 1 aliphatic rings. The van der Waals surface area contributed by atoms with Crippen molar-refractivity contribution in [3.63, 3.8) is 0 Å². The van der Waals surface area contributed by atoms with Crippen LogP contribution in [0.2, 0.25) is 10.0 Å². The van der Waals surface area contributed by atoms with Crippen molar-refractivity contribution in [1.82, 2.24) is 14.0 Å². The van der Waals surface area contributed by atoms with Crippen LogP contribution < -0.4 is 0 Å². The van der Waals surface area contributed by atoms with Crippen LogP contribution in [-0.2, 0) is 24.5 Å². The summed E-state index contributed by atoms with van der Waals surface area (Å²) >= 11 is 13.0. The molecule has 4 aromatic rings. The van der Waals surface area contributed by atoms with E-state index in [0.29, 0.717) is 34.6 Å². The van der Waals surface area contributed by atoms with Crippen LogP contribution >= 0.6 is 23.2 Å². The zero-order valence-electron chi connectivity index (χ0n) is 23.2. The molecule has 1 aliphatic heterocycles. The number of aliphatic hydroxyl groups is 2. The summed E-state index contributed by atoms with van der Waals surface area (Å²) in [5, 5.41) is 22.5. The van der Waals surface area contributed by atoms with Gasteiger partial charge in [0.05, 0.1) is 13.2 Å². The number of halogens is 2.